The van der Waals surface area contributed by atoms with Crippen LogP contribution in [0.4, 0.5) is 4.79 Å². The van der Waals surface area contributed by atoms with Crippen molar-refractivity contribution in [2.45, 2.75) is 118 Å². The lowest BCUT2D eigenvalue weighted by Gasteiger charge is -2.47. The topological polar surface area (TPSA) is 100 Å². The number of esters is 1. The van der Waals surface area contributed by atoms with Gasteiger partial charge in [0.15, 0.2) is 0 Å². The summed E-state index contributed by atoms with van der Waals surface area (Å²) in [5.74, 6) is 0.510. The fraction of sp³-hybridized carbons (Fsp3) is 0.667. The molecule has 1 heterocycles. The molecule has 1 aliphatic heterocycles. The molecule has 8 nitrogen and oxygen atoms in total. The number of carbonyl (C=O) groups is 2. The third kappa shape index (κ3) is 7.46. The Morgan fingerprint density at radius 3 is 2.54 bits per heavy atom. The fourth-order valence-electron chi connectivity index (χ4n) is 5.46. The maximum Gasteiger partial charge on any atom is 0.424 e. The summed E-state index contributed by atoms with van der Waals surface area (Å²) in [5.41, 5.74) is 1.58. The van der Waals surface area contributed by atoms with E-state index in [0.717, 1.165) is 49.7 Å². The van der Waals surface area contributed by atoms with Crippen LogP contribution in [-0.2, 0) is 25.3 Å². The molecule has 9 heteroatoms. The van der Waals surface area contributed by atoms with E-state index < -0.39 is 36.9 Å². The van der Waals surface area contributed by atoms with Crippen molar-refractivity contribution in [3.63, 3.8) is 0 Å². The maximum atomic E-state index is 14.3. The first-order valence-electron chi connectivity index (χ1n) is 14.3. The number of rotatable bonds is 12. The maximum absolute atomic E-state index is 14.3. The van der Waals surface area contributed by atoms with Gasteiger partial charge < -0.3 is 18.7 Å². The van der Waals surface area contributed by atoms with E-state index in [2.05, 4.69) is 44.9 Å². The molecule has 1 aromatic rings. The molecule has 2 aliphatic rings. The molecule has 0 radical (unpaired) electrons. The summed E-state index contributed by atoms with van der Waals surface area (Å²) in [4.78, 5) is 25.6. The van der Waals surface area contributed by atoms with Crippen molar-refractivity contribution in [1.29, 1.82) is 0 Å². The SMILES string of the molecule is CCCCCc1cc2c(c(OP(=O)(N[C@@H](C)C(=O)OCC)C(=O)OC(C)C)c1)[C@@H]1C=C(C)CC[C@H]1C(C)(C)O2. The Balaban J connectivity index is 2.14. The lowest BCUT2D eigenvalue weighted by atomic mass is 9.68. The van der Waals surface area contributed by atoms with Gasteiger partial charge in [0.25, 0.3) is 0 Å². The second-order valence-electron chi connectivity index (χ2n) is 11.5. The minimum absolute atomic E-state index is 0.0331. The number of unbranched alkanes of at least 4 members (excludes halogenated alkanes) is 2. The first kappa shape index (κ1) is 31.2. The number of aryl methyl sites for hydroxylation is 1. The van der Waals surface area contributed by atoms with Gasteiger partial charge in [0.1, 0.15) is 23.1 Å². The Bertz CT molecular complexity index is 1130. The third-order valence-corrected chi connectivity index (χ3v) is 9.15. The number of benzene rings is 1. The number of allylic oxidation sites excluding steroid dienone is 2. The van der Waals surface area contributed by atoms with E-state index in [9.17, 15) is 14.2 Å². The molecule has 0 fully saturated rings. The van der Waals surface area contributed by atoms with Gasteiger partial charge in [-0.15, -0.1) is 0 Å². The van der Waals surface area contributed by atoms with E-state index in [1.165, 1.54) is 12.5 Å². The minimum Gasteiger partial charge on any atom is -0.487 e. The van der Waals surface area contributed by atoms with Gasteiger partial charge in [-0.3, -0.25) is 4.79 Å². The van der Waals surface area contributed by atoms with Crippen LogP contribution in [0, 0.1) is 5.92 Å². The summed E-state index contributed by atoms with van der Waals surface area (Å²) < 4.78 is 37.5. The zero-order valence-corrected chi connectivity index (χ0v) is 25.7. The summed E-state index contributed by atoms with van der Waals surface area (Å²) in [6.45, 7) is 15.2. The molecule has 1 aliphatic carbocycles. The first-order chi connectivity index (χ1) is 18.3. The number of hydrogen-bond acceptors (Lipinski definition) is 7. The Labute approximate surface area is 233 Å². The fourth-order valence-corrected chi connectivity index (χ4v) is 7.09. The highest BCUT2D eigenvalue weighted by Crippen LogP contribution is 2.57. The molecule has 0 saturated heterocycles. The zero-order valence-electron chi connectivity index (χ0n) is 24.8. The molecule has 4 atom stereocenters. The Hall–Kier alpha value is -2.31. The van der Waals surface area contributed by atoms with Crippen LogP contribution in [-0.4, -0.2) is 36.0 Å². The number of nitrogens with one attached hydrogen (secondary N) is 1. The van der Waals surface area contributed by atoms with E-state index in [-0.39, 0.29) is 18.4 Å². The summed E-state index contributed by atoms with van der Waals surface area (Å²) in [7, 11) is -4.40. The van der Waals surface area contributed by atoms with E-state index in [0.29, 0.717) is 11.5 Å². The van der Waals surface area contributed by atoms with E-state index in [1.807, 2.05) is 6.07 Å². The van der Waals surface area contributed by atoms with Crippen molar-refractivity contribution in [3.8, 4) is 11.5 Å². The normalized spacial score (nSPS) is 21.9. The molecular weight excluding hydrogens is 517 g/mol. The third-order valence-electron chi connectivity index (χ3n) is 7.39. The van der Waals surface area contributed by atoms with E-state index >= 15 is 0 Å². The molecule has 0 spiro atoms. The van der Waals surface area contributed by atoms with Crippen molar-refractivity contribution >= 4 is 19.2 Å². The van der Waals surface area contributed by atoms with Gasteiger partial charge in [-0.2, -0.15) is 0 Å². The lowest BCUT2D eigenvalue weighted by molar-refractivity contribution is -0.144. The zero-order chi connectivity index (χ0) is 29.0. The number of fused-ring (bicyclic) bond motifs is 3. The van der Waals surface area contributed by atoms with Crippen LogP contribution in [0.2, 0.25) is 0 Å². The van der Waals surface area contributed by atoms with Gasteiger partial charge in [0.2, 0.25) is 0 Å². The molecule has 0 aromatic heterocycles. The van der Waals surface area contributed by atoms with Crippen LogP contribution in [0.3, 0.4) is 0 Å². The standard InChI is InChI=1S/C30H46NO7P/c1-9-11-12-13-22-17-25-27(23-16-20(5)14-15-24(23)30(7,8)37-25)26(18-22)38-39(34,29(33)36-19(3)4)31-21(6)28(32)35-10-2/h16-19,21,23-24H,9-15H2,1-8H3,(H,31,34)/t21-,23+,24+,39?/m0/s1. The second-order valence-corrected chi connectivity index (χ2v) is 13.4. The first-order valence-corrected chi connectivity index (χ1v) is 15.9. The number of ether oxygens (including phenoxy) is 3. The highest BCUT2D eigenvalue weighted by atomic mass is 31.2. The molecule has 218 valence electrons. The minimum atomic E-state index is -4.40. The van der Waals surface area contributed by atoms with Crippen molar-refractivity contribution in [2.24, 2.45) is 5.92 Å². The largest absolute Gasteiger partial charge is 0.487 e. The smallest absolute Gasteiger partial charge is 0.424 e. The van der Waals surface area contributed by atoms with Gasteiger partial charge in [-0.05, 0) is 91.8 Å². The quantitative estimate of drug-likeness (QED) is 0.120. The molecule has 1 aromatic carbocycles. The highest BCUT2D eigenvalue weighted by Gasteiger charge is 2.47. The van der Waals surface area contributed by atoms with Crippen LogP contribution < -0.4 is 14.3 Å². The predicted octanol–water partition coefficient (Wildman–Crippen LogP) is 7.69. The molecule has 0 bridgehead atoms. The second kappa shape index (κ2) is 12.9. The van der Waals surface area contributed by atoms with Gasteiger partial charge in [0, 0.05) is 17.4 Å². The molecule has 3 rings (SSSR count). The molecule has 1 N–H and O–H groups in total. The van der Waals surface area contributed by atoms with Gasteiger partial charge in [-0.25, -0.2) is 14.4 Å². The van der Waals surface area contributed by atoms with Crippen LogP contribution in [0.1, 0.15) is 105 Å². The van der Waals surface area contributed by atoms with Crippen LogP contribution in [0.5, 0.6) is 11.5 Å². The van der Waals surface area contributed by atoms with Crippen molar-refractivity contribution < 1.29 is 32.9 Å². The predicted molar refractivity (Wildman–Crippen MR) is 153 cm³/mol. The molecular formula is C30H46NO7P. The van der Waals surface area contributed by atoms with Crippen LogP contribution >= 0.6 is 7.52 Å². The number of carbonyl (C=O) groups excluding carboxylic acids is 2. The van der Waals surface area contributed by atoms with Gasteiger partial charge in [0.05, 0.1) is 12.7 Å². The monoisotopic (exact) mass is 563 g/mol. The Morgan fingerprint density at radius 2 is 1.90 bits per heavy atom. The Kier molecular flexibility index (Phi) is 10.3. The molecule has 0 amide bonds. The average molecular weight is 564 g/mol. The summed E-state index contributed by atoms with van der Waals surface area (Å²) >= 11 is 0. The van der Waals surface area contributed by atoms with Crippen LogP contribution in [0.25, 0.3) is 0 Å². The van der Waals surface area contributed by atoms with E-state index in [4.69, 9.17) is 18.7 Å². The average Bonchev–Trinajstić information content (AvgIpc) is 2.83. The summed E-state index contributed by atoms with van der Waals surface area (Å²) in [6.07, 6.45) is 7.57. The Morgan fingerprint density at radius 1 is 1.18 bits per heavy atom. The van der Waals surface area contributed by atoms with E-state index in [1.54, 1.807) is 20.8 Å². The molecule has 39 heavy (non-hydrogen) atoms. The number of hydrogen-bond donors (Lipinski definition) is 1. The van der Waals surface area contributed by atoms with Crippen LogP contribution in [0.15, 0.2) is 23.8 Å². The lowest BCUT2D eigenvalue weighted by Crippen LogP contribution is -2.45. The summed E-state index contributed by atoms with van der Waals surface area (Å²) in [5, 5.41) is 2.64. The summed E-state index contributed by atoms with van der Waals surface area (Å²) in [6, 6.07) is 2.87. The molecule has 0 saturated carbocycles. The van der Waals surface area contributed by atoms with Crippen molar-refractivity contribution in [1.82, 2.24) is 5.09 Å². The van der Waals surface area contributed by atoms with Gasteiger partial charge >= 0.3 is 19.2 Å². The van der Waals surface area contributed by atoms with Crippen molar-refractivity contribution in [3.05, 3.63) is 34.9 Å². The van der Waals surface area contributed by atoms with Gasteiger partial charge in [-0.1, -0.05) is 31.4 Å². The molecule has 1 unspecified atom stereocenters. The highest BCUT2D eigenvalue weighted by molar-refractivity contribution is 7.74. The van der Waals surface area contributed by atoms with Crippen molar-refractivity contribution in [2.75, 3.05) is 6.61 Å².